The van der Waals surface area contributed by atoms with Gasteiger partial charge in [0.25, 0.3) is 5.91 Å². The summed E-state index contributed by atoms with van der Waals surface area (Å²) in [6.45, 7) is 10.3. The van der Waals surface area contributed by atoms with Gasteiger partial charge in [-0.05, 0) is 105 Å². The Morgan fingerprint density at radius 3 is 2.33 bits per heavy atom. The van der Waals surface area contributed by atoms with Gasteiger partial charge in [-0.1, -0.05) is 6.08 Å². The minimum absolute atomic E-state index is 0.0914. The molecular formula is C52H59F2N11O4. The molecule has 17 heteroatoms. The third-order valence-corrected chi connectivity index (χ3v) is 15.2. The molecule has 2 N–H and O–H groups in total. The van der Waals surface area contributed by atoms with E-state index in [4.69, 9.17) is 4.98 Å². The predicted molar refractivity (Wildman–Crippen MR) is 263 cm³/mol. The number of aromatic nitrogens is 5. The van der Waals surface area contributed by atoms with Gasteiger partial charge in [-0.15, -0.1) is 0 Å². The van der Waals surface area contributed by atoms with E-state index in [2.05, 4.69) is 62.2 Å². The Morgan fingerprint density at radius 1 is 0.870 bits per heavy atom. The summed E-state index contributed by atoms with van der Waals surface area (Å²) < 4.78 is 36.8. The van der Waals surface area contributed by atoms with Crippen molar-refractivity contribution in [3.63, 3.8) is 0 Å². The van der Waals surface area contributed by atoms with E-state index in [9.17, 15) is 19.2 Å². The van der Waals surface area contributed by atoms with Crippen LogP contribution in [0.15, 0.2) is 71.8 Å². The number of anilines is 2. The van der Waals surface area contributed by atoms with Crippen LogP contribution in [0.4, 0.5) is 20.3 Å². The van der Waals surface area contributed by atoms with Gasteiger partial charge in [-0.2, -0.15) is 0 Å². The quantitative estimate of drug-likeness (QED) is 0.148. The molecule has 4 aliphatic heterocycles. The molecule has 1 unspecified atom stereocenters. The minimum Gasteiger partial charge on any atom is -0.373 e. The number of amides is 3. The first kappa shape index (κ1) is 46.0. The summed E-state index contributed by atoms with van der Waals surface area (Å²) in [7, 11) is 5.52. The molecule has 15 nitrogen and oxygen atoms in total. The van der Waals surface area contributed by atoms with Gasteiger partial charge in [0.05, 0.1) is 16.7 Å². The predicted octanol–water partition coefficient (Wildman–Crippen LogP) is 6.42. The SMILES string of the molecule is CNc1ccc(-c2ccnc3c2cc([C@H](C)N2CC=C(c4c(C)cc(C(=O)N5CCC(CN6CCN(c7cc8c(cc7F)n(C7CCC(=O)NC7=O)c(=O)n8C)CC6)CC5)cc4F)CC2)n3C)cn1. The smallest absolute Gasteiger partial charge is 0.329 e. The number of benzene rings is 2. The number of nitrogens with one attached hydrogen (secondary N) is 2. The molecule has 360 valence electrons. The third-order valence-electron chi connectivity index (χ3n) is 15.2. The number of carbonyl (C=O) groups excluding carboxylic acids is 3. The number of hydrogen-bond donors (Lipinski definition) is 2. The summed E-state index contributed by atoms with van der Waals surface area (Å²) in [6.07, 6.45) is 8.52. The van der Waals surface area contributed by atoms with Crippen molar-refractivity contribution in [3.05, 3.63) is 112 Å². The maximum Gasteiger partial charge on any atom is 0.329 e. The highest BCUT2D eigenvalue weighted by molar-refractivity contribution is 6.00. The largest absolute Gasteiger partial charge is 0.373 e. The van der Waals surface area contributed by atoms with Crippen molar-refractivity contribution >= 4 is 56.9 Å². The Labute approximate surface area is 399 Å². The minimum atomic E-state index is -0.881. The zero-order valence-electron chi connectivity index (χ0n) is 39.9. The number of aryl methyl sites for hydroxylation is 3. The molecule has 2 aromatic carbocycles. The maximum absolute atomic E-state index is 16.1. The lowest BCUT2D eigenvalue weighted by molar-refractivity contribution is -0.135. The zero-order chi connectivity index (χ0) is 48.2. The number of nitrogens with zero attached hydrogens (tertiary/aromatic N) is 9. The lowest BCUT2D eigenvalue weighted by atomic mass is 9.92. The van der Waals surface area contributed by atoms with E-state index >= 15 is 8.78 Å². The molecule has 0 saturated carbocycles. The summed E-state index contributed by atoms with van der Waals surface area (Å²) in [5.74, 6) is -0.704. The van der Waals surface area contributed by atoms with E-state index in [1.165, 1.54) is 21.3 Å². The number of halogens is 2. The standard InChI is InChI=1S/C52H59F2N11O4/c1-31-24-36(25-40(54)48(31)34-13-18-62(19-14-34)32(2)42-26-38-37(10-15-56-49(38)59(42)4)35-6-8-46(55-3)57-29-35)51(68)64-16-11-33(12-17-64)30-61-20-22-63(23-21-61)43-28-44-45(27-39(43)53)65(52(69)60(44)5)41-7-9-47(66)58-50(41)67/h6,8,10,13,15,24-29,32-33,41H,7,9,11-12,14,16-23,30H2,1-5H3,(H,55,57)(H,58,66,67)/t32-,41?/m0/s1. The van der Waals surface area contributed by atoms with Crippen LogP contribution >= 0.6 is 0 Å². The normalized spacial score (nSPS) is 19.3. The molecule has 0 bridgehead atoms. The molecule has 10 rings (SSSR count). The summed E-state index contributed by atoms with van der Waals surface area (Å²) in [5.41, 5.74) is 7.70. The van der Waals surface area contributed by atoms with Crippen molar-refractivity contribution in [1.82, 2.24) is 43.7 Å². The lowest BCUT2D eigenvalue weighted by Gasteiger charge is -2.39. The Balaban J connectivity index is 0.728. The fourth-order valence-electron chi connectivity index (χ4n) is 11.2. The van der Waals surface area contributed by atoms with Gasteiger partial charge >= 0.3 is 5.69 Å². The number of carbonyl (C=O) groups is 3. The van der Waals surface area contributed by atoms with Crippen LogP contribution in [0.25, 0.3) is 38.8 Å². The molecule has 0 aliphatic carbocycles. The van der Waals surface area contributed by atoms with Crippen molar-refractivity contribution in [2.45, 2.75) is 58.0 Å². The van der Waals surface area contributed by atoms with E-state index in [0.29, 0.717) is 72.9 Å². The number of hydrogen-bond acceptors (Lipinski definition) is 10. The van der Waals surface area contributed by atoms with Crippen LogP contribution in [0.1, 0.15) is 78.3 Å². The van der Waals surface area contributed by atoms with Gasteiger partial charge in [-0.25, -0.2) is 23.5 Å². The molecule has 69 heavy (non-hydrogen) atoms. The Kier molecular flexibility index (Phi) is 12.4. The summed E-state index contributed by atoms with van der Waals surface area (Å²) in [5, 5.41) is 6.44. The average Bonchev–Trinajstić information content (AvgIpc) is 3.82. The molecular weight excluding hydrogens is 881 g/mol. The number of piperidine rings is 2. The van der Waals surface area contributed by atoms with Crippen molar-refractivity contribution in [1.29, 1.82) is 0 Å². The molecule has 0 radical (unpaired) electrons. The molecule has 6 aromatic rings. The number of fused-ring (bicyclic) bond motifs is 2. The number of imidazole rings is 1. The number of likely N-dealkylation sites (tertiary alicyclic amines) is 1. The van der Waals surface area contributed by atoms with E-state index < -0.39 is 23.5 Å². The van der Waals surface area contributed by atoms with Crippen LogP contribution in [0.5, 0.6) is 0 Å². The number of pyridine rings is 2. The molecule has 4 aliphatic rings. The maximum atomic E-state index is 16.1. The van der Waals surface area contributed by atoms with Crippen LogP contribution in [0, 0.1) is 24.5 Å². The molecule has 3 fully saturated rings. The van der Waals surface area contributed by atoms with Gasteiger partial charge in [0.2, 0.25) is 11.8 Å². The highest BCUT2D eigenvalue weighted by atomic mass is 19.1. The van der Waals surface area contributed by atoms with E-state index in [-0.39, 0.29) is 36.5 Å². The van der Waals surface area contributed by atoms with Crippen LogP contribution in [0.2, 0.25) is 0 Å². The number of rotatable bonds is 10. The fourth-order valence-corrected chi connectivity index (χ4v) is 11.2. The van der Waals surface area contributed by atoms with Crippen molar-refractivity contribution in [2.75, 3.05) is 76.2 Å². The molecule has 3 amide bonds. The third kappa shape index (κ3) is 8.60. The van der Waals surface area contributed by atoms with E-state index in [0.717, 1.165) is 83.8 Å². The van der Waals surface area contributed by atoms with Crippen LogP contribution < -0.4 is 21.2 Å². The fraction of sp³-hybridized carbons (Fsp3) is 0.423. The first-order chi connectivity index (χ1) is 33.3. The van der Waals surface area contributed by atoms with Gasteiger partial charge in [0, 0.05) is 139 Å². The summed E-state index contributed by atoms with van der Waals surface area (Å²) in [6, 6.07) is 13.8. The topological polar surface area (TPSA) is 146 Å². The Hall–Kier alpha value is -6.72. The second-order valence-corrected chi connectivity index (χ2v) is 19.2. The van der Waals surface area contributed by atoms with Crippen molar-refractivity contribution < 1.29 is 23.2 Å². The first-order valence-electron chi connectivity index (χ1n) is 24.1. The lowest BCUT2D eigenvalue weighted by Crippen LogP contribution is -2.49. The zero-order valence-corrected chi connectivity index (χ0v) is 39.9. The average molecular weight is 940 g/mol. The van der Waals surface area contributed by atoms with E-state index in [1.807, 2.05) is 54.4 Å². The molecule has 2 atom stereocenters. The molecule has 8 heterocycles. The van der Waals surface area contributed by atoms with Crippen molar-refractivity contribution in [3.8, 4) is 11.1 Å². The summed E-state index contributed by atoms with van der Waals surface area (Å²) in [4.78, 5) is 69.3. The van der Waals surface area contributed by atoms with E-state index in [1.54, 1.807) is 13.1 Å². The van der Waals surface area contributed by atoms with Gasteiger partial charge < -0.3 is 19.7 Å². The van der Waals surface area contributed by atoms with Gasteiger partial charge in [0.15, 0.2) is 0 Å². The highest BCUT2D eigenvalue weighted by Gasteiger charge is 2.33. The van der Waals surface area contributed by atoms with Crippen LogP contribution in [0.3, 0.4) is 0 Å². The Morgan fingerprint density at radius 2 is 1.65 bits per heavy atom. The van der Waals surface area contributed by atoms with Crippen LogP contribution in [-0.2, 0) is 23.7 Å². The van der Waals surface area contributed by atoms with Gasteiger partial charge in [-0.3, -0.25) is 38.6 Å². The molecule has 4 aromatic heterocycles. The second-order valence-electron chi connectivity index (χ2n) is 19.2. The van der Waals surface area contributed by atoms with Gasteiger partial charge in [0.1, 0.15) is 29.1 Å². The molecule has 0 spiro atoms. The number of imide groups is 1. The second kappa shape index (κ2) is 18.6. The number of piperazine rings is 1. The van der Waals surface area contributed by atoms with Crippen molar-refractivity contribution in [2.24, 2.45) is 20.0 Å². The summed E-state index contributed by atoms with van der Waals surface area (Å²) >= 11 is 0. The molecule has 3 saturated heterocycles. The monoisotopic (exact) mass is 939 g/mol. The first-order valence-corrected chi connectivity index (χ1v) is 24.1. The Bertz CT molecular complexity index is 3060. The highest BCUT2D eigenvalue weighted by Crippen LogP contribution is 2.37. The van der Waals surface area contributed by atoms with Crippen LogP contribution in [-0.4, -0.2) is 122 Å².